The van der Waals surface area contributed by atoms with Crippen LogP contribution in [0.3, 0.4) is 0 Å². The largest absolute Gasteiger partial charge is 0.423 e. The molecule has 1 spiro atoms. The van der Waals surface area contributed by atoms with E-state index in [1.807, 2.05) is 18.2 Å². The molecule has 0 aliphatic carbocycles. The third-order valence-electron chi connectivity index (χ3n) is 3.93. The van der Waals surface area contributed by atoms with E-state index in [0.29, 0.717) is 17.1 Å². The summed E-state index contributed by atoms with van der Waals surface area (Å²) < 4.78 is 11.1. The van der Waals surface area contributed by atoms with Gasteiger partial charge in [0.2, 0.25) is 0 Å². The van der Waals surface area contributed by atoms with E-state index in [0.717, 1.165) is 43.8 Å². The highest BCUT2D eigenvalue weighted by molar-refractivity contribution is 5.78. The molecule has 0 radical (unpaired) electrons. The van der Waals surface area contributed by atoms with Gasteiger partial charge in [-0.1, -0.05) is 0 Å². The summed E-state index contributed by atoms with van der Waals surface area (Å²) in [5, 5.41) is 0. The lowest BCUT2D eigenvalue weighted by molar-refractivity contribution is -0.0986. The number of nitrogens with two attached hydrogens (primary N) is 1. The monoisotopic (exact) mass is 245 g/mol. The summed E-state index contributed by atoms with van der Waals surface area (Å²) in [5.41, 5.74) is 8.44. The van der Waals surface area contributed by atoms with E-state index in [9.17, 15) is 0 Å². The summed E-state index contributed by atoms with van der Waals surface area (Å²) in [6.07, 6.45) is 1.16. The minimum Gasteiger partial charge on any atom is -0.423 e. The van der Waals surface area contributed by atoms with E-state index in [-0.39, 0.29) is 0 Å². The van der Waals surface area contributed by atoms with E-state index >= 15 is 0 Å². The number of nitrogen functional groups attached to an aromatic ring is 1. The van der Waals surface area contributed by atoms with Crippen LogP contribution in [0.15, 0.2) is 22.6 Å². The molecule has 2 N–H and O–H groups in total. The molecule has 2 fully saturated rings. The Morgan fingerprint density at radius 2 is 2.22 bits per heavy atom. The maximum absolute atomic E-state index is 5.79. The van der Waals surface area contributed by atoms with Crippen LogP contribution in [0.1, 0.15) is 6.42 Å². The molecule has 3 heterocycles. The van der Waals surface area contributed by atoms with E-state index in [1.54, 1.807) is 0 Å². The molecule has 5 nitrogen and oxygen atoms in total. The predicted octanol–water partition coefficient (Wildman–Crippen LogP) is 1.64. The van der Waals surface area contributed by atoms with Gasteiger partial charge in [0.15, 0.2) is 5.58 Å². The first kappa shape index (κ1) is 10.2. The standard InChI is InChI=1S/C13H15N3O2/c14-9-1-2-11-10(5-9)15-12(18-11)16-4-3-13(6-16)7-17-8-13/h1-2,5H,3-4,6-8,14H2. The number of benzene rings is 1. The minimum atomic E-state index is 0.347. The Hall–Kier alpha value is -1.75. The normalized spacial score (nSPS) is 21.7. The number of nitrogens with zero attached hydrogens (tertiary/aromatic N) is 2. The third kappa shape index (κ3) is 1.40. The summed E-state index contributed by atoms with van der Waals surface area (Å²) in [6, 6.07) is 6.27. The molecule has 5 heteroatoms. The van der Waals surface area contributed by atoms with Gasteiger partial charge in [0.1, 0.15) is 5.52 Å². The SMILES string of the molecule is Nc1ccc2oc(N3CCC4(COC4)C3)nc2c1. The zero-order chi connectivity index (χ0) is 12.2. The third-order valence-corrected chi connectivity index (χ3v) is 3.93. The van der Waals surface area contributed by atoms with Crippen LogP contribution in [-0.4, -0.2) is 31.3 Å². The second kappa shape index (κ2) is 3.38. The number of ether oxygens (including phenoxy) is 1. The van der Waals surface area contributed by atoms with Gasteiger partial charge in [0, 0.05) is 24.2 Å². The fourth-order valence-corrected chi connectivity index (χ4v) is 2.79. The first-order valence-corrected chi connectivity index (χ1v) is 6.23. The van der Waals surface area contributed by atoms with E-state index in [2.05, 4.69) is 9.88 Å². The Labute approximate surface area is 105 Å². The van der Waals surface area contributed by atoms with Crippen LogP contribution >= 0.6 is 0 Å². The Morgan fingerprint density at radius 3 is 2.94 bits per heavy atom. The molecular weight excluding hydrogens is 230 g/mol. The molecule has 1 aromatic heterocycles. The molecule has 4 rings (SSSR count). The highest BCUT2D eigenvalue weighted by atomic mass is 16.5. The molecule has 2 aliphatic heterocycles. The maximum atomic E-state index is 5.79. The number of anilines is 2. The molecule has 18 heavy (non-hydrogen) atoms. The van der Waals surface area contributed by atoms with Crippen LogP contribution in [0.25, 0.3) is 11.1 Å². The van der Waals surface area contributed by atoms with Gasteiger partial charge in [-0.15, -0.1) is 0 Å². The van der Waals surface area contributed by atoms with Crippen LogP contribution in [-0.2, 0) is 4.74 Å². The number of aromatic nitrogens is 1. The number of hydrogen-bond donors (Lipinski definition) is 1. The predicted molar refractivity (Wildman–Crippen MR) is 68.5 cm³/mol. The fraction of sp³-hybridized carbons (Fsp3) is 0.462. The van der Waals surface area contributed by atoms with Gasteiger partial charge >= 0.3 is 0 Å². The van der Waals surface area contributed by atoms with Gasteiger partial charge in [-0.25, -0.2) is 0 Å². The van der Waals surface area contributed by atoms with Gasteiger partial charge in [-0.2, -0.15) is 4.98 Å². The van der Waals surface area contributed by atoms with Crippen molar-refractivity contribution >= 4 is 22.8 Å². The fourth-order valence-electron chi connectivity index (χ4n) is 2.79. The van der Waals surface area contributed by atoms with E-state index in [4.69, 9.17) is 14.9 Å². The van der Waals surface area contributed by atoms with E-state index in [1.165, 1.54) is 0 Å². The van der Waals surface area contributed by atoms with Crippen molar-refractivity contribution in [1.29, 1.82) is 0 Å². The Bertz CT molecular complexity index is 603. The molecule has 0 amide bonds. The molecular formula is C13H15N3O2. The van der Waals surface area contributed by atoms with Crippen molar-refractivity contribution in [2.45, 2.75) is 6.42 Å². The maximum Gasteiger partial charge on any atom is 0.298 e. The van der Waals surface area contributed by atoms with Crippen molar-refractivity contribution in [2.75, 3.05) is 36.9 Å². The zero-order valence-corrected chi connectivity index (χ0v) is 10.1. The highest BCUT2D eigenvalue weighted by Crippen LogP contribution is 2.39. The molecule has 2 aliphatic rings. The van der Waals surface area contributed by atoms with Crippen LogP contribution < -0.4 is 10.6 Å². The van der Waals surface area contributed by atoms with Gasteiger partial charge in [0.05, 0.1) is 13.2 Å². The van der Waals surface area contributed by atoms with Crippen molar-refractivity contribution < 1.29 is 9.15 Å². The van der Waals surface area contributed by atoms with Crippen molar-refractivity contribution in [3.05, 3.63) is 18.2 Å². The van der Waals surface area contributed by atoms with Crippen LogP contribution in [0.5, 0.6) is 0 Å². The average Bonchev–Trinajstić information content (AvgIpc) is 2.90. The van der Waals surface area contributed by atoms with Crippen LogP contribution in [0, 0.1) is 5.41 Å². The zero-order valence-electron chi connectivity index (χ0n) is 10.1. The summed E-state index contributed by atoms with van der Waals surface area (Å²) >= 11 is 0. The lowest BCUT2D eigenvalue weighted by Crippen LogP contribution is -2.44. The molecule has 2 saturated heterocycles. The molecule has 94 valence electrons. The van der Waals surface area contributed by atoms with Gasteiger partial charge in [-0.3, -0.25) is 0 Å². The molecule has 0 unspecified atom stereocenters. The van der Waals surface area contributed by atoms with Crippen LogP contribution in [0.2, 0.25) is 0 Å². The number of rotatable bonds is 1. The summed E-state index contributed by atoms with van der Waals surface area (Å²) in [5.74, 6) is 0. The Morgan fingerprint density at radius 1 is 1.33 bits per heavy atom. The van der Waals surface area contributed by atoms with Crippen LogP contribution in [0.4, 0.5) is 11.7 Å². The first-order valence-electron chi connectivity index (χ1n) is 6.23. The summed E-state index contributed by atoms with van der Waals surface area (Å²) in [4.78, 5) is 6.72. The lowest BCUT2D eigenvalue weighted by atomic mass is 9.85. The topological polar surface area (TPSA) is 64.5 Å². The van der Waals surface area contributed by atoms with Gasteiger partial charge in [0.25, 0.3) is 6.01 Å². The molecule has 2 aromatic rings. The quantitative estimate of drug-likeness (QED) is 0.774. The second-order valence-corrected chi connectivity index (χ2v) is 5.39. The first-order chi connectivity index (χ1) is 8.74. The summed E-state index contributed by atoms with van der Waals surface area (Å²) in [6.45, 7) is 3.72. The minimum absolute atomic E-state index is 0.347. The molecule has 0 saturated carbocycles. The summed E-state index contributed by atoms with van der Waals surface area (Å²) in [7, 11) is 0. The molecule has 0 atom stereocenters. The van der Waals surface area contributed by atoms with Crippen molar-refractivity contribution in [2.24, 2.45) is 5.41 Å². The van der Waals surface area contributed by atoms with Gasteiger partial charge in [-0.05, 0) is 24.6 Å². The number of hydrogen-bond acceptors (Lipinski definition) is 5. The van der Waals surface area contributed by atoms with Crippen molar-refractivity contribution in [3.8, 4) is 0 Å². The number of fused-ring (bicyclic) bond motifs is 1. The van der Waals surface area contributed by atoms with E-state index < -0.39 is 0 Å². The Balaban J connectivity index is 1.66. The van der Waals surface area contributed by atoms with Crippen molar-refractivity contribution in [3.63, 3.8) is 0 Å². The second-order valence-electron chi connectivity index (χ2n) is 5.39. The molecule has 1 aromatic carbocycles. The Kier molecular flexibility index (Phi) is 1.92. The number of oxazole rings is 1. The lowest BCUT2D eigenvalue weighted by Gasteiger charge is -2.37. The molecule has 0 bridgehead atoms. The van der Waals surface area contributed by atoms with Gasteiger partial charge < -0.3 is 19.8 Å². The van der Waals surface area contributed by atoms with Crippen molar-refractivity contribution in [1.82, 2.24) is 4.98 Å². The smallest absolute Gasteiger partial charge is 0.298 e. The average molecular weight is 245 g/mol. The highest BCUT2D eigenvalue weighted by Gasteiger charge is 2.45.